The minimum Gasteiger partial charge on any atom is -0.481 e. The van der Waals surface area contributed by atoms with E-state index < -0.39 is 35.3 Å². The van der Waals surface area contributed by atoms with Gasteiger partial charge in [0.05, 0.1) is 24.7 Å². The van der Waals surface area contributed by atoms with Crippen LogP contribution in [0.3, 0.4) is 0 Å². The van der Waals surface area contributed by atoms with Crippen molar-refractivity contribution in [2.24, 2.45) is 5.92 Å². The second-order valence-corrected chi connectivity index (χ2v) is 9.51. The van der Waals surface area contributed by atoms with Crippen molar-refractivity contribution in [2.75, 3.05) is 13.2 Å². The molecule has 4 rings (SSSR count). The van der Waals surface area contributed by atoms with Crippen LogP contribution in [-0.2, 0) is 20.7 Å². The van der Waals surface area contributed by atoms with Crippen LogP contribution in [0.4, 0.5) is 4.39 Å². The molecule has 1 saturated heterocycles. The Morgan fingerprint density at radius 3 is 2.14 bits per heavy atom. The van der Waals surface area contributed by atoms with E-state index in [1.54, 1.807) is 24.3 Å². The van der Waals surface area contributed by atoms with Crippen LogP contribution in [0.15, 0.2) is 78.9 Å². The molecule has 0 aliphatic carbocycles. The fourth-order valence-corrected chi connectivity index (χ4v) is 4.28. The highest BCUT2D eigenvalue weighted by molar-refractivity contribution is 5.98. The van der Waals surface area contributed by atoms with Gasteiger partial charge in [-0.05, 0) is 47.4 Å². The average molecular weight is 505 g/mol. The van der Waals surface area contributed by atoms with E-state index in [9.17, 15) is 23.9 Å². The summed E-state index contributed by atoms with van der Waals surface area (Å²) in [6.45, 7) is 2.00. The first-order valence-corrected chi connectivity index (χ1v) is 12.1. The van der Waals surface area contributed by atoms with Crippen LogP contribution in [0.1, 0.15) is 29.3 Å². The summed E-state index contributed by atoms with van der Waals surface area (Å²) >= 11 is 0. The number of rotatable bonds is 10. The number of nitrogens with one attached hydrogen (secondary N) is 2. The number of ether oxygens (including phenoxy) is 1. The van der Waals surface area contributed by atoms with E-state index in [1.807, 2.05) is 42.5 Å². The van der Waals surface area contributed by atoms with Gasteiger partial charge in [-0.1, -0.05) is 61.5 Å². The molecule has 1 heterocycles. The smallest absolute Gasteiger partial charge is 0.306 e. The van der Waals surface area contributed by atoms with Gasteiger partial charge >= 0.3 is 5.97 Å². The molecule has 8 heteroatoms. The second-order valence-electron chi connectivity index (χ2n) is 9.51. The standard InChI is InChI=1S/C29H29FN2O5/c1-19(28(35)36)15-25(27(34)32-29(17-37-18-29)16-20-7-13-24(30)14-8-20)31-26(33)23-11-9-22(10-12-23)21-5-3-2-4-6-21/h2-14,19,25H,15-18H2,1H3,(H,31,33)(H,32,34)(H,35,36)/t19-,25-/m0/s1. The summed E-state index contributed by atoms with van der Waals surface area (Å²) < 4.78 is 18.7. The topological polar surface area (TPSA) is 105 Å². The van der Waals surface area contributed by atoms with E-state index in [0.29, 0.717) is 12.0 Å². The Hall–Kier alpha value is -4.04. The Bertz CT molecular complexity index is 1240. The third-order valence-electron chi connectivity index (χ3n) is 6.49. The molecule has 1 fully saturated rings. The Balaban J connectivity index is 1.47. The molecule has 0 spiro atoms. The predicted octanol–water partition coefficient (Wildman–Crippen LogP) is 3.83. The summed E-state index contributed by atoms with van der Waals surface area (Å²) in [6, 6.07) is 21.6. The minimum absolute atomic E-state index is 0.0809. The normalized spacial score (nSPS) is 15.6. The number of halogens is 1. The van der Waals surface area contributed by atoms with Crippen LogP contribution in [0, 0.1) is 11.7 Å². The number of carboxylic acid groups (broad SMARTS) is 1. The summed E-state index contributed by atoms with van der Waals surface area (Å²) in [5, 5.41) is 15.1. The highest BCUT2D eigenvalue weighted by atomic mass is 19.1. The van der Waals surface area contributed by atoms with Crippen molar-refractivity contribution >= 4 is 17.8 Å². The number of amides is 2. The lowest BCUT2D eigenvalue weighted by Crippen LogP contribution is -2.66. The van der Waals surface area contributed by atoms with E-state index in [2.05, 4.69) is 10.6 Å². The molecule has 0 radical (unpaired) electrons. The van der Waals surface area contributed by atoms with Crippen LogP contribution in [0.5, 0.6) is 0 Å². The molecule has 3 N–H and O–H groups in total. The first kappa shape index (κ1) is 26.0. The fraction of sp³-hybridized carbons (Fsp3) is 0.276. The van der Waals surface area contributed by atoms with Gasteiger partial charge in [0, 0.05) is 12.0 Å². The van der Waals surface area contributed by atoms with Crippen molar-refractivity contribution in [1.29, 1.82) is 0 Å². The zero-order valence-electron chi connectivity index (χ0n) is 20.4. The number of benzene rings is 3. The fourth-order valence-electron chi connectivity index (χ4n) is 4.28. The third-order valence-corrected chi connectivity index (χ3v) is 6.49. The van der Waals surface area contributed by atoms with Crippen molar-refractivity contribution in [2.45, 2.75) is 31.3 Å². The van der Waals surface area contributed by atoms with Gasteiger partial charge in [-0.3, -0.25) is 14.4 Å². The number of aliphatic carboxylic acids is 1. The minimum atomic E-state index is -1.07. The lowest BCUT2D eigenvalue weighted by atomic mass is 9.88. The van der Waals surface area contributed by atoms with E-state index in [-0.39, 0.29) is 25.5 Å². The zero-order valence-corrected chi connectivity index (χ0v) is 20.4. The molecule has 2 atom stereocenters. The number of hydrogen-bond acceptors (Lipinski definition) is 4. The van der Waals surface area contributed by atoms with Crippen molar-refractivity contribution in [1.82, 2.24) is 10.6 Å². The summed E-state index contributed by atoms with van der Waals surface area (Å²) in [6.07, 6.45) is 0.331. The lowest BCUT2D eigenvalue weighted by molar-refractivity contribution is -0.142. The van der Waals surface area contributed by atoms with Crippen LogP contribution in [0.25, 0.3) is 11.1 Å². The van der Waals surface area contributed by atoms with Gasteiger partial charge in [0.1, 0.15) is 11.9 Å². The Morgan fingerprint density at radius 1 is 0.946 bits per heavy atom. The Kier molecular flexibility index (Phi) is 7.98. The number of carbonyl (C=O) groups is 3. The molecule has 0 aromatic heterocycles. The molecule has 0 unspecified atom stereocenters. The highest BCUT2D eigenvalue weighted by Gasteiger charge is 2.42. The van der Waals surface area contributed by atoms with E-state index in [1.165, 1.54) is 19.1 Å². The number of carboxylic acids is 1. The predicted molar refractivity (Wildman–Crippen MR) is 136 cm³/mol. The largest absolute Gasteiger partial charge is 0.481 e. The molecule has 37 heavy (non-hydrogen) atoms. The maximum Gasteiger partial charge on any atom is 0.306 e. The van der Waals surface area contributed by atoms with Gasteiger partial charge in [0.15, 0.2) is 0 Å². The van der Waals surface area contributed by atoms with Crippen molar-refractivity contribution < 1.29 is 28.6 Å². The summed E-state index contributed by atoms with van der Waals surface area (Å²) in [7, 11) is 0. The van der Waals surface area contributed by atoms with Gasteiger partial charge in [-0.15, -0.1) is 0 Å². The van der Waals surface area contributed by atoms with Gasteiger partial charge in [0.2, 0.25) is 5.91 Å². The molecular weight excluding hydrogens is 475 g/mol. The van der Waals surface area contributed by atoms with E-state index >= 15 is 0 Å². The third kappa shape index (κ3) is 6.59. The van der Waals surface area contributed by atoms with Crippen molar-refractivity contribution in [3.8, 4) is 11.1 Å². The van der Waals surface area contributed by atoms with E-state index in [4.69, 9.17) is 4.74 Å². The molecule has 3 aromatic carbocycles. The number of hydrogen-bond donors (Lipinski definition) is 3. The maximum atomic E-state index is 13.3. The molecule has 1 aliphatic heterocycles. The van der Waals surface area contributed by atoms with Crippen molar-refractivity contribution in [3.05, 3.63) is 95.8 Å². The number of carbonyl (C=O) groups excluding carboxylic acids is 2. The monoisotopic (exact) mass is 504 g/mol. The Labute approximate surface area is 214 Å². The first-order valence-electron chi connectivity index (χ1n) is 12.1. The molecule has 0 saturated carbocycles. The SMILES string of the molecule is C[C@@H](C[C@H](NC(=O)c1ccc(-c2ccccc2)cc1)C(=O)NC1(Cc2ccc(F)cc2)COC1)C(=O)O. The molecule has 2 amide bonds. The molecule has 3 aromatic rings. The van der Waals surface area contributed by atoms with Crippen LogP contribution < -0.4 is 10.6 Å². The molecule has 0 bridgehead atoms. The van der Waals surface area contributed by atoms with Crippen LogP contribution in [0.2, 0.25) is 0 Å². The first-order chi connectivity index (χ1) is 17.7. The molecule has 192 valence electrons. The Morgan fingerprint density at radius 2 is 1.57 bits per heavy atom. The molecular formula is C29H29FN2O5. The zero-order chi connectivity index (χ0) is 26.4. The van der Waals surface area contributed by atoms with Crippen LogP contribution in [-0.4, -0.2) is 47.7 Å². The quantitative estimate of drug-likeness (QED) is 0.389. The lowest BCUT2D eigenvalue weighted by Gasteiger charge is -2.43. The van der Waals surface area contributed by atoms with Gasteiger partial charge in [0.25, 0.3) is 5.91 Å². The molecule has 7 nitrogen and oxygen atoms in total. The van der Waals surface area contributed by atoms with Gasteiger partial charge in [-0.25, -0.2) is 4.39 Å². The summed E-state index contributed by atoms with van der Waals surface area (Å²) in [5.74, 6) is -3.24. The van der Waals surface area contributed by atoms with Gasteiger partial charge in [-0.2, -0.15) is 0 Å². The van der Waals surface area contributed by atoms with Gasteiger partial charge < -0.3 is 20.5 Å². The average Bonchev–Trinajstić information content (AvgIpc) is 2.88. The highest BCUT2D eigenvalue weighted by Crippen LogP contribution is 2.24. The maximum absolute atomic E-state index is 13.3. The molecule has 1 aliphatic rings. The van der Waals surface area contributed by atoms with Crippen LogP contribution >= 0.6 is 0 Å². The van der Waals surface area contributed by atoms with E-state index in [0.717, 1.165) is 16.7 Å². The van der Waals surface area contributed by atoms with Crippen molar-refractivity contribution in [3.63, 3.8) is 0 Å². The summed E-state index contributed by atoms with van der Waals surface area (Å²) in [4.78, 5) is 37.9. The summed E-state index contributed by atoms with van der Waals surface area (Å²) in [5.41, 5.74) is 2.41. The second kappa shape index (κ2) is 11.3.